The summed E-state index contributed by atoms with van der Waals surface area (Å²) in [7, 11) is 0. The highest BCUT2D eigenvalue weighted by molar-refractivity contribution is 6.30. The number of aromatic nitrogens is 2. The number of carbonyl (C=O) groups excluding carboxylic acids is 1. The molecule has 2 N–H and O–H groups in total. The summed E-state index contributed by atoms with van der Waals surface area (Å²) in [6.07, 6.45) is 1.79. The molecule has 0 saturated carbocycles. The number of pyridine rings is 1. The molecule has 0 unspecified atom stereocenters. The van der Waals surface area contributed by atoms with E-state index in [-0.39, 0.29) is 17.9 Å². The van der Waals surface area contributed by atoms with Crippen molar-refractivity contribution >= 4 is 23.2 Å². The first-order chi connectivity index (χ1) is 12.5. The van der Waals surface area contributed by atoms with Crippen molar-refractivity contribution in [1.82, 2.24) is 14.3 Å². The van der Waals surface area contributed by atoms with E-state index in [4.69, 9.17) is 17.3 Å². The average molecular weight is 371 g/mol. The van der Waals surface area contributed by atoms with Crippen molar-refractivity contribution in [2.75, 3.05) is 6.54 Å². The molecule has 0 fully saturated rings. The van der Waals surface area contributed by atoms with Gasteiger partial charge in [0.1, 0.15) is 5.65 Å². The van der Waals surface area contributed by atoms with Crippen molar-refractivity contribution in [3.63, 3.8) is 0 Å². The van der Waals surface area contributed by atoms with Crippen molar-refractivity contribution in [2.45, 2.75) is 19.5 Å². The van der Waals surface area contributed by atoms with Crippen LogP contribution in [0.15, 0.2) is 59.5 Å². The lowest BCUT2D eigenvalue weighted by molar-refractivity contribution is -0.118. The van der Waals surface area contributed by atoms with E-state index >= 15 is 0 Å². The van der Waals surface area contributed by atoms with Gasteiger partial charge in [-0.15, -0.1) is 0 Å². The van der Waals surface area contributed by atoms with Crippen molar-refractivity contribution in [3.8, 4) is 0 Å². The highest BCUT2D eigenvalue weighted by atomic mass is 35.5. The van der Waals surface area contributed by atoms with Crippen LogP contribution in [0.1, 0.15) is 17.7 Å². The molecule has 0 bridgehead atoms. The third-order valence-corrected chi connectivity index (χ3v) is 4.21. The molecule has 3 aromatic rings. The fraction of sp³-hybridized carbons (Fsp3) is 0.211. The number of rotatable bonds is 7. The number of nitrogens with two attached hydrogens (primary N) is 1. The van der Waals surface area contributed by atoms with E-state index in [1.54, 1.807) is 18.3 Å². The molecule has 7 heteroatoms. The van der Waals surface area contributed by atoms with Crippen molar-refractivity contribution in [3.05, 3.63) is 81.4 Å². The molecule has 0 spiro atoms. The molecule has 0 aliphatic carbocycles. The van der Waals surface area contributed by atoms with Gasteiger partial charge in [-0.3, -0.25) is 18.9 Å². The second kappa shape index (κ2) is 8.12. The Morgan fingerprint density at radius 2 is 1.92 bits per heavy atom. The molecule has 1 amide bonds. The quantitative estimate of drug-likeness (QED) is 0.691. The van der Waals surface area contributed by atoms with Crippen LogP contribution in [0.25, 0.3) is 5.65 Å². The van der Waals surface area contributed by atoms with E-state index in [9.17, 15) is 9.59 Å². The van der Waals surface area contributed by atoms with Crippen molar-refractivity contribution in [2.24, 2.45) is 5.73 Å². The minimum atomic E-state index is -0.357. The van der Waals surface area contributed by atoms with Crippen LogP contribution < -0.4 is 11.3 Å². The molecule has 2 aromatic heterocycles. The van der Waals surface area contributed by atoms with Crippen LogP contribution in [0, 0.1) is 0 Å². The molecule has 6 nitrogen and oxygen atoms in total. The van der Waals surface area contributed by atoms with Crippen LogP contribution in [0.5, 0.6) is 0 Å². The third-order valence-electron chi connectivity index (χ3n) is 3.99. The van der Waals surface area contributed by atoms with E-state index in [1.165, 1.54) is 10.5 Å². The molecule has 134 valence electrons. The molecule has 0 aliphatic heterocycles. The largest absolute Gasteiger partial charge is 0.370 e. The number of amides is 1. The number of hydrogen-bond donors (Lipinski definition) is 1. The number of carbonyl (C=O) groups is 1. The Morgan fingerprint density at radius 1 is 1.15 bits per heavy atom. The van der Waals surface area contributed by atoms with Gasteiger partial charge in [0.2, 0.25) is 5.91 Å². The summed E-state index contributed by atoms with van der Waals surface area (Å²) in [4.78, 5) is 30.1. The SMILES string of the molecule is NC(=O)CCN(Cc1ccccc1)Cc1cc(=O)n2cc(Cl)ccc2n1. The third kappa shape index (κ3) is 4.68. The maximum atomic E-state index is 12.3. The van der Waals surface area contributed by atoms with Crippen LogP contribution in [-0.4, -0.2) is 26.7 Å². The van der Waals surface area contributed by atoms with Gasteiger partial charge in [-0.05, 0) is 17.7 Å². The molecule has 2 heterocycles. The van der Waals surface area contributed by atoms with E-state index in [1.807, 2.05) is 35.2 Å². The summed E-state index contributed by atoms with van der Waals surface area (Å²) < 4.78 is 1.41. The van der Waals surface area contributed by atoms with Crippen LogP contribution in [-0.2, 0) is 17.9 Å². The van der Waals surface area contributed by atoms with Crippen molar-refractivity contribution in [1.29, 1.82) is 0 Å². The summed E-state index contributed by atoms with van der Waals surface area (Å²) in [5, 5.41) is 0.473. The Hall–Kier alpha value is -2.70. The minimum absolute atomic E-state index is 0.193. The van der Waals surface area contributed by atoms with Gasteiger partial charge in [-0.1, -0.05) is 41.9 Å². The van der Waals surface area contributed by atoms with E-state index in [2.05, 4.69) is 4.98 Å². The normalized spacial score (nSPS) is 11.2. The van der Waals surface area contributed by atoms with E-state index in [0.717, 1.165) is 5.56 Å². The van der Waals surface area contributed by atoms with Gasteiger partial charge < -0.3 is 5.73 Å². The zero-order valence-corrected chi connectivity index (χ0v) is 14.9. The van der Waals surface area contributed by atoms with Crippen LogP contribution >= 0.6 is 11.6 Å². The smallest absolute Gasteiger partial charge is 0.258 e. The Bertz CT molecular complexity index is 972. The summed E-state index contributed by atoms with van der Waals surface area (Å²) >= 11 is 5.94. The number of primary amides is 1. The predicted octanol–water partition coefficient (Wildman–Crippen LogP) is 2.23. The van der Waals surface area contributed by atoms with Gasteiger partial charge in [0, 0.05) is 38.3 Å². The molecule has 1 aromatic carbocycles. The van der Waals surface area contributed by atoms with E-state index in [0.29, 0.717) is 36.0 Å². The molecule has 0 atom stereocenters. The van der Waals surface area contributed by atoms with Gasteiger partial charge in [0.25, 0.3) is 5.56 Å². The first-order valence-corrected chi connectivity index (χ1v) is 8.61. The number of nitrogens with zero attached hydrogens (tertiary/aromatic N) is 3. The zero-order valence-electron chi connectivity index (χ0n) is 14.1. The highest BCUT2D eigenvalue weighted by Crippen LogP contribution is 2.11. The molecule has 0 aliphatic rings. The first-order valence-electron chi connectivity index (χ1n) is 8.24. The van der Waals surface area contributed by atoms with Gasteiger partial charge in [0.15, 0.2) is 0 Å². The second-order valence-corrected chi connectivity index (χ2v) is 6.51. The number of halogens is 1. The Balaban J connectivity index is 1.85. The summed E-state index contributed by atoms with van der Waals surface area (Å²) in [5.41, 5.74) is 7.38. The average Bonchev–Trinajstić information content (AvgIpc) is 2.61. The molecule has 0 saturated heterocycles. The topological polar surface area (TPSA) is 80.7 Å². The first kappa shape index (κ1) is 18.1. The maximum absolute atomic E-state index is 12.3. The van der Waals surface area contributed by atoms with Gasteiger partial charge in [0.05, 0.1) is 10.7 Å². The fourth-order valence-electron chi connectivity index (χ4n) is 2.76. The lowest BCUT2D eigenvalue weighted by atomic mass is 10.2. The Labute approximate surface area is 155 Å². The summed E-state index contributed by atoms with van der Waals surface area (Å²) in [5.74, 6) is -0.357. The van der Waals surface area contributed by atoms with Crippen LogP contribution in [0.2, 0.25) is 5.02 Å². The number of benzene rings is 1. The predicted molar refractivity (Wildman–Crippen MR) is 101 cm³/mol. The highest BCUT2D eigenvalue weighted by Gasteiger charge is 2.11. The second-order valence-electron chi connectivity index (χ2n) is 6.07. The number of fused-ring (bicyclic) bond motifs is 1. The maximum Gasteiger partial charge on any atom is 0.258 e. The fourth-order valence-corrected chi connectivity index (χ4v) is 2.92. The molecule has 26 heavy (non-hydrogen) atoms. The molecule has 0 radical (unpaired) electrons. The van der Waals surface area contributed by atoms with E-state index < -0.39 is 0 Å². The van der Waals surface area contributed by atoms with Crippen LogP contribution in [0.4, 0.5) is 0 Å². The molecular weight excluding hydrogens is 352 g/mol. The molecule has 3 rings (SSSR count). The lowest BCUT2D eigenvalue weighted by Crippen LogP contribution is -2.29. The zero-order chi connectivity index (χ0) is 18.5. The lowest BCUT2D eigenvalue weighted by Gasteiger charge is -2.21. The van der Waals surface area contributed by atoms with Gasteiger partial charge >= 0.3 is 0 Å². The Morgan fingerprint density at radius 3 is 2.65 bits per heavy atom. The van der Waals surface area contributed by atoms with Gasteiger partial charge in [-0.2, -0.15) is 0 Å². The van der Waals surface area contributed by atoms with Crippen molar-refractivity contribution < 1.29 is 4.79 Å². The minimum Gasteiger partial charge on any atom is -0.370 e. The summed E-state index contributed by atoms with van der Waals surface area (Å²) in [6.45, 7) is 1.57. The number of hydrogen-bond acceptors (Lipinski definition) is 4. The van der Waals surface area contributed by atoms with Crippen LogP contribution in [0.3, 0.4) is 0 Å². The summed E-state index contributed by atoms with van der Waals surface area (Å²) in [6, 6.07) is 14.8. The Kier molecular flexibility index (Phi) is 5.65. The standard InChI is InChI=1S/C19H19ClN4O2/c20-15-6-7-18-22-16(10-19(26)24(18)12-15)13-23(9-8-17(21)25)11-14-4-2-1-3-5-14/h1-7,10,12H,8-9,11,13H2,(H2,21,25). The monoisotopic (exact) mass is 370 g/mol. The molecular formula is C19H19ClN4O2. The van der Waals surface area contributed by atoms with Gasteiger partial charge in [-0.25, -0.2) is 4.98 Å².